The van der Waals surface area contributed by atoms with Crippen LogP contribution < -0.4 is 23.7 Å². The molecule has 1 N–H and O–H groups in total. The zero-order valence-electron chi connectivity index (χ0n) is 16.2. The number of ether oxygens (including phenoxy) is 5. The lowest BCUT2D eigenvalue weighted by Crippen LogP contribution is -2.29. The molecule has 0 aromatic heterocycles. The first kappa shape index (κ1) is 17.1. The van der Waals surface area contributed by atoms with Crippen molar-refractivity contribution in [1.82, 2.24) is 0 Å². The molecule has 146 valence electrons. The molecule has 2 aromatic rings. The smallest absolute Gasteiger partial charge is 0.161 e. The first-order chi connectivity index (χ1) is 13.4. The topological polar surface area (TPSA) is 66.4 Å². The fourth-order valence-corrected chi connectivity index (χ4v) is 4.22. The number of aromatic hydroxyl groups is 1. The van der Waals surface area contributed by atoms with E-state index < -0.39 is 5.60 Å². The molecule has 6 heteroatoms. The van der Waals surface area contributed by atoms with E-state index in [0.29, 0.717) is 29.6 Å². The van der Waals surface area contributed by atoms with Crippen LogP contribution in [-0.2, 0) is 0 Å². The minimum absolute atomic E-state index is 0.0196. The lowest BCUT2D eigenvalue weighted by molar-refractivity contribution is 0.130. The maximum atomic E-state index is 10.1. The van der Waals surface area contributed by atoms with Crippen LogP contribution in [0.5, 0.6) is 34.5 Å². The molecule has 0 unspecified atom stereocenters. The molecule has 2 atom stereocenters. The van der Waals surface area contributed by atoms with Gasteiger partial charge in [0, 0.05) is 17.7 Å². The highest BCUT2D eigenvalue weighted by Gasteiger charge is 2.44. The Morgan fingerprint density at radius 1 is 1.07 bits per heavy atom. The number of methoxy groups -OCH3 is 2. The van der Waals surface area contributed by atoms with E-state index in [9.17, 15) is 5.11 Å². The summed E-state index contributed by atoms with van der Waals surface area (Å²) < 4.78 is 29.5. The molecular weight excluding hydrogens is 360 g/mol. The average molecular weight is 382 g/mol. The molecule has 3 heterocycles. The van der Waals surface area contributed by atoms with E-state index in [2.05, 4.69) is 0 Å². The van der Waals surface area contributed by atoms with Gasteiger partial charge in [0.2, 0.25) is 0 Å². The van der Waals surface area contributed by atoms with Crippen LogP contribution in [0.1, 0.15) is 42.6 Å². The molecule has 0 saturated heterocycles. The van der Waals surface area contributed by atoms with E-state index in [1.54, 1.807) is 13.2 Å². The van der Waals surface area contributed by atoms with Crippen molar-refractivity contribution in [2.75, 3.05) is 20.8 Å². The molecule has 0 radical (unpaired) electrons. The van der Waals surface area contributed by atoms with Crippen molar-refractivity contribution < 1.29 is 28.8 Å². The average Bonchev–Trinajstić information content (AvgIpc) is 3.01. The predicted octanol–water partition coefficient (Wildman–Crippen LogP) is 4.20. The summed E-state index contributed by atoms with van der Waals surface area (Å²) in [7, 11) is 3.18. The SMILES string of the molecule is COc1cc2c(cc1O)O[C@@H]1c3c(cc4c(c3OC)C=CC(C)(C)O4)OC[C@H]21. The number of fused-ring (bicyclic) bond motifs is 6. The second kappa shape index (κ2) is 5.74. The third kappa shape index (κ3) is 2.33. The molecule has 28 heavy (non-hydrogen) atoms. The van der Waals surface area contributed by atoms with Crippen LogP contribution in [0.15, 0.2) is 24.3 Å². The molecule has 3 aliphatic heterocycles. The van der Waals surface area contributed by atoms with Gasteiger partial charge in [-0.25, -0.2) is 0 Å². The fourth-order valence-electron chi connectivity index (χ4n) is 4.22. The Balaban J connectivity index is 1.64. The Morgan fingerprint density at radius 3 is 2.64 bits per heavy atom. The standard InChI is InChI=1S/C22H22O6/c1-22(2)6-5-11-16(28-22)9-18-19(20(11)25-4)21-13(10-26-18)12-7-17(24-3)14(23)8-15(12)27-21/h5-9,13,21,23H,10H2,1-4H3/t13-,21+/m1/s1. The molecular formula is C22H22O6. The molecule has 0 aliphatic carbocycles. The van der Waals surface area contributed by atoms with Crippen LogP contribution in [-0.4, -0.2) is 31.5 Å². The Labute approximate surface area is 163 Å². The largest absolute Gasteiger partial charge is 0.504 e. The molecule has 2 aromatic carbocycles. The highest BCUT2D eigenvalue weighted by molar-refractivity contribution is 5.73. The second-order valence-electron chi connectivity index (χ2n) is 7.79. The van der Waals surface area contributed by atoms with Crippen LogP contribution >= 0.6 is 0 Å². The minimum Gasteiger partial charge on any atom is -0.504 e. The number of rotatable bonds is 2. The Hall–Kier alpha value is -3.02. The molecule has 3 aliphatic rings. The van der Waals surface area contributed by atoms with Gasteiger partial charge in [-0.3, -0.25) is 0 Å². The zero-order valence-corrected chi connectivity index (χ0v) is 16.2. The van der Waals surface area contributed by atoms with Crippen molar-refractivity contribution in [3.63, 3.8) is 0 Å². The third-order valence-electron chi connectivity index (χ3n) is 5.54. The lowest BCUT2D eigenvalue weighted by atomic mass is 9.87. The molecule has 0 amide bonds. The number of benzene rings is 2. The quantitative estimate of drug-likeness (QED) is 0.840. The third-order valence-corrected chi connectivity index (χ3v) is 5.54. The molecule has 0 spiro atoms. The molecule has 6 nitrogen and oxygen atoms in total. The van der Waals surface area contributed by atoms with E-state index in [-0.39, 0.29) is 17.8 Å². The van der Waals surface area contributed by atoms with E-state index in [1.807, 2.05) is 38.1 Å². The summed E-state index contributed by atoms with van der Waals surface area (Å²) >= 11 is 0. The van der Waals surface area contributed by atoms with E-state index in [0.717, 1.165) is 22.4 Å². The molecule has 0 saturated carbocycles. The van der Waals surface area contributed by atoms with Crippen LogP contribution in [0.3, 0.4) is 0 Å². The second-order valence-corrected chi connectivity index (χ2v) is 7.79. The highest BCUT2D eigenvalue weighted by atomic mass is 16.5. The minimum atomic E-state index is -0.391. The van der Waals surface area contributed by atoms with E-state index in [1.165, 1.54) is 7.11 Å². The van der Waals surface area contributed by atoms with Crippen molar-refractivity contribution >= 4 is 6.08 Å². The summed E-state index contributed by atoms with van der Waals surface area (Å²) in [4.78, 5) is 0. The van der Waals surface area contributed by atoms with Crippen molar-refractivity contribution in [2.45, 2.75) is 31.5 Å². The molecule has 0 fully saturated rings. The Bertz CT molecular complexity index is 1010. The summed E-state index contributed by atoms with van der Waals surface area (Å²) in [6.07, 6.45) is 3.77. The number of hydrogen-bond acceptors (Lipinski definition) is 6. The van der Waals surface area contributed by atoms with Crippen LogP contribution in [0.25, 0.3) is 6.08 Å². The highest BCUT2D eigenvalue weighted by Crippen LogP contribution is 2.57. The van der Waals surface area contributed by atoms with Gasteiger partial charge < -0.3 is 28.8 Å². The van der Waals surface area contributed by atoms with Crippen LogP contribution in [0.2, 0.25) is 0 Å². The predicted molar refractivity (Wildman–Crippen MR) is 103 cm³/mol. The summed E-state index contributed by atoms with van der Waals surface area (Å²) in [6, 6.07) is 5.34. The van der Waals surface area contributed by atoms with Gasteiger partial charge in [0.25, 0.3) is 0 Å². The molecule has 5 rings (SSSR count). The molecule has 0 bridgehead atoms. The number of phenols is 1. The van der Waals surface area contributed by atoms with E-state index >= 15 is 0 Å². The van der Waals surface area contributed by atoms with Gasteiger partial charge in [-0.1, -0.05) is 0 Å². The first-order valence-corrected chi connectivity index (χ1v) is 9.25. The first-order valence-electron chi connectivity index (χ1n) is 9.25. The lowest BCUT2D eigenvalue weighted by Gasteiger charge is -2.34. The normalized spacial score (nSPS) is 22.6. The monoisotopic (exact) mass is 382 g/mol. The van der Waals surface area contributed by atoms with Crippen molar-refractivity contribution in [1.29, 1.82) is 0 Å². The number of phenolic OH excluding ortho intramolecular Hbond substituents is 1. The van der Waals surface area contributed by atoms with Crippen LogP contribution in [0, 0.1) is 0 Å². The van der Waals surface area contributed by atoms with Gasteiger partial charge in [0.15, 0.2) is 11.5 Å². The number of hydrogen-bond donors (Lipinski definition) is 1. The summed E-state index contributed by atoms with van der Waals surface area (Å²) in [6.45, 7) is 4.47. The van der Waals surface area contributed by atoms with Crippen molar-refractivity contribution in [3.05, 3.63) is 41.0 Å². The Morgan fingerprint density at radius 2 is 1.89 bits per heavy atom. The zero-order chi connectivity index (χ0) is 19.6. The summed E-state index contributed by atoms with van der Waals surface area (Å²) in [5, 5.41) is 10.1. The summed E-state index contributed by atoms with van der Waals surface area (Å²) in [5.41, 5.74) is 2.31. The fraction of sp³-hybridized carbons (Fsp3) is 0.364. The van der Waals surface area contributed by atoms with Gasteiger partial charge in [0.1, 0.15) is 34.7 Å². The maximum Gasteiger partial charge on any atom is 0.161 e. The van der Waals surface area contributed by atoms with Gasteiger partial charge in [-0.05, 0) is 32.1 Å². The maximum absolute atomic E-state index is 10.1. The van der Waals surface area contributed by atoms with Crippen molar-refractivity contribution in [3.8, 4) is 34.5 Å². The van der Waals surface area contributed by atoms with Crippen LogP contribution in [0.4, 0.5) is 0 Å². The summed E-state index contributed by atoms with van der Waals surface area (Å²) in [5.74, 6) is 3.22. The Kier molecular flexibility index (Phi) is 3.50. The van der Waals surface area contributed by atoms with E-state index in [4.69, 9.17) is 23.7 Å². The van der Waals surface area contributed by atoms with Gasteiger partial charge >= 0.3 is 0 Å². The van der Waals surface area contributed by atoms with Gasteiger partial charge in [0.05, 0.1) is 37.9 Å². The van der Waals surface area contributed by atoms with Gasteiger partial charge in [-0.2, -0.15) is 0 Å². The van der Waals surface area contributed by atoms with Gasteiger partial charge in [-0.15, -0.1) is 0 Å². The van der Waals surface area contributed by atoms with Crippen molar-refractivity contribution in [2.24, 2.45) is 0 Å².